The number of amides is 1. The quantitative estimate of drug-likeness (QED) is 0.794. The average molecular weight is 371 g/mol. The average Bonchev–Trinajstić information content (AvgIpc) is 2.59. The molecule has 1 unspecified atom stereocenters. The number of benzene rings is 2. The van der Waals surface area contributed by atoms with E-state index >= 15 is 0 Å². The minimum absolute atomic E-state index is 0.384. The van der Waals surface area contributed by atoms with Crippen molar-refractivity contribution >= 4 is 12.1 Å². The van der Waals surface area contributed by atoms with Crippen LogP contribution >= 0.6 is 0 Å². The van der Waals surface area contributed by atoms with Crippen molar-refractivity contribution in [1.82, 2.24) is 5.32 Å². The van der Waals surface area contributed by atoms with Crippen LogP contribution < -0.4 is 10.1 Å². The first kappa shape index (κ1) is 20.3. The van der Waals surface area contributed by atoms with E-state index in [-0.39, 0.29) is 0 Å². The summed E-state index contributed by atoms with van der Waals surface area (Å²) < 4.78 is 10.5. The first-order chi connectivity index (χ1) is 12.6. The molecule has 0 saturated heterocycles. The van der Waals surface area contributed by atoms with Crippen molar-refractivity contribution in [1.29, 1.82) is 0 Å². The Balaban J connectivity index is 1.94. The van der Waals surface area contributed by atoms with E-state index in [1.54, 1.807) is 12.1 Å². The fourth-order valence-corrected chi connectivity index (χ4v) is 2.28. The summed E-state index contributed by atoms with van der Waals surface area (Å²) in [5, 5.41) is 11.6. The Kier molecular flexibility index (Phi) is 6.45. The number of hydrogen-bond acceptors (Lipinski definition) is 4. The second-order valence-corrected chi connectivity index (χ2v) is 7.18. The lowest BCUT2D eigenvalue weighted by atomic mass is 10.0. The zero-order valence-corrected chi connectivity index (χ0v) is 16.0. The summed E-state index contributed by atoms with van der Waals surface area (Å²) in [5.74, 6) is -0.499. The largest absolute Gasteiger partial charge is 0.479 e. The van der Waals surface area contributed by atoms with E-state index in [0.717, 1.165) is 16.7 Å². The van der Waals surface area contributed by atoms with E-state index in [1.807, 2.05) is 57.2 Å². The Labute approximate surface area is 159 Å². The van der Waals surface area contributed by atoms with Crippen LogP contribution in [0, 0.1) is 0 Å². The Morgan fingerprint density at radius 1 is 1.00 bits per heavy atom. The molecule has 0 aromatic heterocycles. The minimum Gasteiger partial charge on any atom is -0.479 e. The highest BCUT2D eigenvalue weighted by Gasteiger charge is 2.15. The number of hydrogen-bond donors (Lipinski definition) is 2. The molecule has 2 N–H and O–H groups in total. The highest BCUT2D eigenvalue weighted by atomic mass is 16.6. The van der Waals surface area contributed by atoms with Crippen LogP contribution in [0.5, 0.6) is 5.75 Å². The third-order valence-corrected chi connectivity index (χ3v) is 3.64. The molecule has 2 rings (SSSR count). The van der Waals surface area contributed by atoms with Gasteiger partial charge in [-0.05, 0) is 56.5 Å². The van der Waals surface area contributed by atoms with Gasteiger partial charge < -0.3 is 19.9 Å². The molecular formula is C21H25NO5. The van der Waals surface area contributed by atoms with E-state index in [9.17, 15) is 9.59 Å². The van der Waals surface area contributed by atoms with Crippen molar-refractivity contribution in [3.8, 4) is 16.9 Å². The van der Waals surface area contributed by atoms with Crippen LogP contribution in [0.3, 0.4) is 0 Å². The summed E-state index contributed by atoms with van der Waals surface area (Å²) in [5.41, 5.74) is 2.43. The normalized spacial score (nSPS) is 12.1. The highest BCUT2D eigenvalue weighted by Crippen LogP contribution is 2.23. The van der Waals surface area contributed by atoms with Crippen LogP contribution in [-0.2, 0) is 16.1 Å². The van der Waals surface area contributed by atoms with Crippen LogP contribution in [0.15, 0.2) is 48.5 Å². The van der Waals surface area contributed by atoms with Gasteiger partial charge in [0, 0.05) is 6.54 Å². The summed E-state index contributed by atoms with van der Waals surface area (Å²) in [4.78, 5) is 22.5. The second kappa shape index (κ2) is 8.58. The lowest BCUT2D eigenvalue weighted by Gasteiger charge is -2.19. The van der Waals surface area contributed by atoms with Crippen molar-refractivity contribution in [3.05, 3.63) is 54.1 Å². The molecule has 6 nitrogen and oxygen atoms in total. The van der Waals surface area contributed by atoms with Crippen molar-refractivity contribution in [2.24, 2.45) is 0 Å². The summed E-state index contributed by atoms with van der Waals surface area (Å²) in [6.07, 6.45) is -1.34. The van der Waals surface area contributed by atoms with Gasteiger partial charge in [-0.15, -0.1) is 0 Å². The first-order valence-electron chi connectivity index (χ1n) is 8.70. The predicted octanol–water partition coefficient (Wildman–Crippen LogP) is 4.23. The van der Waals surface area contributed by atoms with Gasteiger partial charge in [-0.1, -0.05) is 36.4 Å². The van der Waals surface area contributed by atoms with Crippen LogP contribution in [0.1, 0.15) is 33.3 Å². The van der Waals surface area contributed by atoms with Gasteiger partial charge in [-0.3, -0.25) is 0 Å². The number of ether oxygens (including phenoxy) is 2. The number of alkyl carbamates (subject to hydrolysis) is 1. The van der Waals surface area contributed by atoms with Gasteiger partial charge >= 0.3 is 12.1 Å². The molecule has 0 fully saturated rings. The third kappa shape index (κ3) is 6.66. The van der Waals surface area contributed by atoms with Crippen molar-refractivity contribution in [3.63, 3.8) is 0 Å². The van der Waals surface area contributed by atoms with Gasteiger partial charge in [0.2, 0.25) is 0 Å². The van der Waals surface area contributed by atoms with E-state index in [4.69, 9.17) is 14.6 Å². The fourth-order valence-electron chi connectivity index (χ4n) is 2.28. The standard InChI is InChI=1S/C21H25NO5/c1-14(19(23)24)26-18-11-9-17(10-12-18)16-7-5-15(6-8-16)13-22-20(25)27-21(2,3)4/h5-12,14H,13H2,1-4H3,(H,22,25)(H,23,24). The maximum absolute atomic E-state index is 11.7. The van der Waals surface area contributed by atoms with Gasteiger partial charge in [0.1, 0.15) is 11.4 Å². The molecule has 0 spiro atoms. The Hall–Kier alpha value is -3.02. The molecule has 27 heavy (non-hydrogen) atoms. The predicted molar refractivity (Wildman–Crippen MR) is 103 cm³/mol. The van der Waals surface area contributed by atoms with Crippen LogP contribution in [0.25, 0.3) is 11.1 Å². The number of rotatable bonds is 6. The monoisotopic (exact) mass is 371 g/mol. The highest BCUT2D eigenvalue weighted by molar-refractivity contribution is 5.72. The Morgan fingerprint density at radius 3 is 2.00 bits per heavy atom. The minimum atomic E-state index is -1.00. The topological polar surface area (TPSA) is 84.9 Å². The summed E-state index contributed by atoms with van der Waals surface area (Å²) in [6.45, 7) is 7.33. The maximum Gasteiger partial charge on any atom is 0.407 e. The van der Waals surface area contributed by atoms with Gasteiger partial charge in [-0.25, -0.2) is 9.59 Å². The maximum atomic E-state index is 11.7. The number of carboxylic acid groups (broad SMARTS) is 1. The molecule has 0 aliphatic carbocycles. The lowest BCUT2D eigenvalue weighted by Crippen LogP contribution is -2.32. The van der Waals surface area contributed by atoms with Gasteiger partial charge in [0.05, 0.1) is 0 Å². The number of carboxylic acids is 1. The molecule has 1 amide bonds. The first-order valence-corrected chi connectivity index (χ1v) is 8.70. The summed E-state index contributed by atoms with van der Waals surface area (Å²) >= 11 is 0. The van der Waals surface area contributed by atoms with Crippen molar-refractivity contribution in [2.75, 3.05) is 0 Å². The molecule has 0 bridgehead atoms. The van der Waals surface area contributed by atoms with Crippen molar-refractivity contribution < 1.29 is 24.2 Å². The molecular weight excluding hydrogens is 346 g/mol. The Morgan fingerprint density at radius 2 is 1.52 bits per heavy atom. The molecule has 0 radical (unpaired) electrons. The molecule has 2 aromatic carbocycles. The number of nitrogens with one attached hydrogen (secondary N) is 1. The molecule has 0 saturated carbocycles. The van der Waals surface area contributed by atoms with Crippen LogP contribution in [-0.4, -0.2) is 28.9 Å². The fraction of sp³-hybridized carbons (Fsp3) is 0.333. The molecule has 6 heteroatoms. The van der Waals surface area contributed by atoms with E-state index in [0.29, 0.717) is 12.3 Å². The molecule has 1 atom stereocenters. The smallest absolute Gasteiger partial charge is 0.407 e. The van der Waals surface area contributed by atoms with Gasteiger partial charge in [0.25, 0.3) is 0 Å². The molecule has 2 aromatic rings. The van der Waals surface area contributed by atoms with Crippen LogP contribution in [0.4, 0.5) is 4.79 Å². The zero-order valence-electron chi connectivity index (χ0n) is 16.0. The van der Waals surface area contributed by atoms with Gasteiger partial charge in [0.15, 0.2) is 6.10 Å². The van der Waals surface area contributed by atoms with Crippen LogP contribution in [0.2, 0.25) is 0 Å². The molecule has 0 aliphatic heterocycles. The third-order valence-electron chi connectivity index (χ3n) is 3.64. The van der Waals surface area contributed by atoms with Gasteiger partial charge in [-0.2, -0.15) is 0 Å². The summed E-state index contributed by atoms with van der Waals surface area (Å²) in [7, 11) is 0. The molecule has 144 valence electrons. The number of aliphatic carboxylic acids is 1. The lowest BCUT2D eigenvalue weighted by molar-refractivity contribution is -0.144. The van der Waals surface area contributed by atoms with E-state index in [1.165, 1.54) is 6.92 Å². The SMILES string of the molecule is CC(Oc1ccc(-c2ccc(CNC(=O)OC(C)(C)C)cc2)cc1)C(=O)O. The molecule has 0 aliphatic rings. The van der Waals surface area contributed by atoms with E-state index in [2.05, 4.69) is 5.32 Å². The summed E-state index contributed by atoms with van der Waals surface area (Å²) in [6, 6.07) is 15.0. The second-order valence-electron chi connectivity index (χ2n) is 7.18. The molecule has 0 heterocycles. The van der Waals surface area contributed by atoms with Crippen molar-refractivity contribution in [2.45, 2.75) is 45.9 Å². The number of carbonyl (C=O) groups excluding carboxylic acids is 1. The van der Waals surface area contributed by atoms with E-state index < -0.39 is 23.8 Å². The Bertz CT molecular complexity index is 776. The zero-order chi connectivity index (χ0) is 20.0. The number of carbonyl (C=O) groups is 2.